The van der Waals surface area contributed by atoms with Crippen LogP contribution in [0.5, 0.6) is 0 Å². The lowest BCUT2D eigenvalue weighted by molar-refractivity contribution is -0.140. The van der Waals surface area contributed by atoms with Gasteiger partial charge in [-0.2, -0.15) is 0 Å². The van der Waals surface area contributed by atoms with E-state index in [1.165, 1.54) is 11.8 Å². The van der Waals surface area contributed by atoms with Crippen LogP contribution in [-0.4, -0.2) is 55.5 Å². The van der Waals surface area contributed by atoms with E-state index in [0.29, 0.717) is 18.7 Å². The average Bonchev–Trinajstić information content (AvgIpc) is 3.51. The quantitative estimate of drug-likeness (QED) is 0.484. The summed E-state index contributed by atoms with van der Waals surface area (Å²) in [5, 5.41) is 13.2. The SMILES string of the molecule is CC(=O)N[C@H](C(=O)N1C[C@H](O)C[C@H]1c1ncc(Cc2ccc(-c3scnc3C)cc2)[nH]1)C(C)(C)C. The minimum Gasteiger partial charge on any atom is -0.391 e. The molecule has 0 bridgehead atoms. The standard InChI is InChI=1S/C26H33N5O3S/c1-15-22(35-14-28-15)18-8-6-17(7-9-18)10-19-12-27-24(30-19)21-11-20(33)13-31(21)25(34)23(26(3,4)5)29-16(2)32/h6-9,12,14,20-21,23,33H,10-11,13H2,1-5H3,(H,27,30)(H,29,32)/t20-,21+,23-/m1/s1. The average molecular weight is 496 g/mol. The normalized spacial score (nSPS) is 19.1. The predicted octanol–water partition coefficient (Wildman–Crippen LogP) is 3.62. The number of hydrogen-bond acceptors (Lipinski definition) is 6. The number of rotatable bonds is 6. The van der Waals surface area contributed by atoms with E-state index in [1.807, 2.05) is 33.2 Å². The van der Waals surface area contributed by atoms with Gasteiger partial charge in [0, 0.05) is 38.2 Å². The summed E-state index contributed by atoms with van der Waals surface area (Å²) in [5.74, 6) is 0.185. The summed E-state index contributed by atoms with van der Waals surface area (Å²) in [6.45, 7) is 9.38. The first-order chi connectivity index (χ1) is 16.5. The zero-order valence-electron chi connectivity index (χ0n) is 20.8. The monoisotopic (exact) mass is 495 g/mol. The molecule has 1 aromatic carbocycles. The molecule has 1 aliphatic rings. The van der Waals surface area contributed by atoms with Gasteiger partial charge in [-0.05, 0) is 23.5 Å². The van der Waals surface area contributed by atoms with Crippen LogP contribution >= 0.6 is 11.3 Å². The molecule has 3 atom stereocenters. The Balaban J connectivity index is 1.50. The molecule has 1 saturated heterocycles. The number of carbonyl (C=O) groups excluding carboxylic acids is 2. The summed E-state index contributed by atoms with van der Waals surface area (Å²) >= 11 is 1.64. The maximum absolute atomic E-state index is 13.5. The topological polar surface area (TPSA) is 111 Å². The summed E-state index contributed by atoms with van der Waals surface area (Å²) in [4.78, 5) is 40.3. The molecule has 8 nitrogen and oxygen atoms in total. The largest absolute Gasteiger partial charge is 0.391 e. The van der Waals surface area contributed by atoms with Crippen LogP contribution < -0.4 is 5.32 Å². The van der Waals surface area contributed by atoms with Crippen LogP contribution in [0.25, 0.3) is 10.4 Å². The molecule has 0 spiro atoms. The molecule has 3 N–H and O–H groups in total. The number of aromatic nitrogens is 3. The first kappa shape index (κ1) is 25.1. The minimum absolute atomic E-state index is 0.207. The Morgan fingerprint density at radius 3 is 2.57 bits per heavy atom. The number of nitrogens with one attached hydrogen (secondary N) is 2. The van der Waals surface area contributed by atoms with E-state index in [2.05, 4.69) is 44.5 Å². The number of aryl methyl sites for hydroxylation is 1. The van der Waals surface area contributed by atoms with Crippen LogP contribution in [0.15, 0.2) is 36.0 Å². The number of thiazole rings is 1. The van der Waals surface area contributed by atoms with Crippen molar-refractivity contribution in [1.29, 1.82) is 0 Å². The van der Waals surface area contributed by atoms with Gasteiger partial charge >= 0.3 is 0 Å². The van der Waals surface area contributed by atoms with Crippen molar-refractivity contribution in [2.45, 2.75) is 65.6 Å². The second-order valence-electron chi connectivity index (χ2n) is 10.3. The van der Waals surface area contributed by atoms with E-state index in [0.717, 1.165) is 22.5 Å². The van der Waals surface area contributed by atoms with Gasteiger partial charge in [0.05, 0.1) is 28.2 Å². The number of benzene rings is 1. The zero-order chi connectivity index (χ0) is 25.3. The van der Waals surface area contributed by atoms with Crippen LogP contribution in [0, 0.1) is 12.3 Å². The number of nitrogens with zero attached hydrogens (tertiary/aromatic N) is 3. The number of β-amino-alcohol motifs (C(OH)–C–C–N with tert-alkyl or cyclic N) is 1. The number of amides is 2. The number of aromatic amines is 1. The molecule has 9 heteroatoms. The van der Waals surface area contributed by atoms with E-state index in [1.54, 1.807) is 22.4 Å². The summed E-state index contributed by atoms with van der Waals surface area (Å²) < 4.78 is 0. The molecule has 3 heterocycles. The van der Waals surface area contributed by atoms with Gasteiger partial charge in [0.15, 0.2) is 0 Å². The predicted molar refractivity (Wildman–Crippen MR) is 136 cm³/mol. The summed E-state index contributed by atoms with van der Waals surface area (Å²) in [6, 6.07) is 7.35. The van der Waals surface area contributed by atoms with Crippen LogP contribution in [0.3, 0.4) is 0 Å². The van der Waals surface area contributed by atoms with Gasteiger partial charge in [-0.15, -0.1) is 11.3 Å². The lowest BCUT2D eigenvalue weighted by atomic mass is 9.85. The van der Waals surface area contributed by atoms with Crippen LogP contribution in [0.2, 0.25) is 0 Å². The highest BCUT2D eigenvalue weighted by molar-refractivity contribution is 7.13. The number of imidazole rings is 1. The molecular weight excluding hydrogens is 462 g/mol. The van der Waals surface area contributed by atoms with Gasteiger partial charge in [-0.25, -0.2) is 9.97 Å². The maximum Gasteiger partial charge on any atom is 0.246 e. The highest BCUT2D eigenvalue weighted by Crippen LogP contribution is 2.34. The van der Waals surface area contributed by atoms with Gasteiger partial charge in [-0.3, -0.25) is 9.59 Å². The van der Waals surface area contributed by atoms with Crippen molar-refractivity contribution in [1.82, 2.24) is 25.2 Å². The van der Waals surface area contributed by atoms with Gasteiger partial charge in [0.1, 0.15) is 11.9 Å². The van der Waals surface area contributed by atoms with E-state index < -0.39 is 17.6 Å². The fourth-order valence-corrected chi connectivity index (χ4v) is 5.35. The van der Waals surface area contributed by atoms with Crippen LogP contribution in [0.4, 0.5) is 0 Å². The highest BCUT2D eigenvalue weighted by Gasteiger charge is 2.43. The van der Waals surface area contributed by atoms with Crippen LogP contribution in [0.1, 0.15) is 62.9 Å². The Hall–Kier alpha value is -3.04. The Bertz CT molecular complexity index is 1190. The van der Waals surface area contributed by atoms with Gasteiger partial charge in [0.2, 0.25) is 11.8 Å². The van der Waals surface area contributed by atoms with Gasteiger partial charge < -0.3 is 20.3 Å². The van der Waals surface area contributed by atoms with Gasteiger partial charge in [0.25, 0.3) is 0 Å². The first-order valence-corrected chi connectivity index (χ1v) is 12.7. The maximum atomic E-state index is 13.5. The number of carbonyl (C=O) groups is 2. The summed E-state index contributed by atoms with van der Waals surface area (Å²) in [6.07, 6.45) is 2.23. The molecule has 0 aliphatic carbocycles. The second kappa shape index (κ2) is 9.91. The molecule has 0 saturated carbocycles. The number of likely N-dealkylation sites (tertiary alicyclic amines) is 1. The van der Waals surface area contributed by atoms with E-state index >= 15 is 0 Å². The smallest absolute Gasteiger partial charge is 0.246 e. The lowest BCUT2D eigenvalue weighted by Gasteiger charge is -2.35. The molecule has 35 heavy (non-hydrogen) atoms. The van der Waals surface area contributed by atoms with Crippen molar-refractivity contribution in [3.63, 3.8) is 0 Å². The Labute approximate surface area is 209 Å². The molecule has 1 fully saturated rings. The van der Waals surface area contributed by atoms with E-state index in [9.17, 15) is 14.7 Å². The third-order valence-corrected chi connectivity index (χ3v) is 7.32. The highest BCUT2D eigenvalue weighted by atomic mass is 32.1. The molecule has 2 amide bonds. The minimum atomic E-state index is -0.692. The fourth-order valence-electron chi connectivity index (χ4n) is 4.54. The van der Waals surface area contributed by atoms with Crippen molar-refractivity contribution in [2.24, 2.45) is 5.41 Å². The van der Waals surface area contributed by atoms with E-state index in [4.69, 9.17) is 0 Å². The summed E-state index contributed by atoms with van der Waals surface area (Å²) in [5.41, 5.74) is 5.65. The third kappa shape index (κ3) is 5.62. The molecule has 1 aliphatic heterocycles. The van der Waals surface area contributed by atoms with Crippen molar-refractivity contribution < 1.29 is 14.7 Å². The van der Waals surface area contributed by atoms with Gasteiger partial charge in [-0.1, -0.05) is 45.0 Å². The van der Waals surface area contributed by atoms with Crippen molar-refractivity contribution in [3.05, 3.63) is 58.7 Å². The Morgan fingerprint density at radius 1 is 1.26 bits per heavy atom. The molecule has 2 aromatic heterocycles. The van der Waals surface area contributed by atoms with Crippen molar-refractivity contribution in [2.75, 3.05) is 6.54 Å². The number of aliphatic hydroxyl groups excluding tert-OH is 1. The summed E-state index contributed by atoms with van der Waals surface area (Å²) in [7, 11) is 0. The fraction of sp³-hybridized carbons (Fsp3) is 0.462. The zero-order valence-corrected chi connectivity index (χ0v) is 21.6. The molecule has 186 valence electrons. The molecule has 3 aromatic rings. The van der Waals surface area contributed by atoms with Crippen molar-refractivity contribution in [3.8, 4) is 10.4 Å². The lowest BCUT2D eigenvalue weighted by Crippen LogP contribution is -2.54. The number of hydrogen-bond donors (Lipinski definition) is 3. The molecule has 4 rings (SSSR count). The number of H-pyrrole nitrogens is 1. The van der Waals surface area contributed by atoms with Crippen LogP contribution in [-0.2, 0) is 16.0 Å². The number of aliphatic hydroxyl groups is 1. The van der Waals surface area contributed by atoms with E-state index in [-0.39, 0.29) is 24.4 Å². The Morgan fingerprint density at radius 2 is 1.97 bits per heavy atom. The first-order valence-electron chi connectivity index (χ1n) is 11.8. The second-order valence-corrected chi connectivity index (χ2v) is 11.2. The molecule has 0 unspecified atom stereocenters. The third-order valence-electron chi connectivity index (χ3n) is 6.34. The molecule has 0 radical (unpaired) electrons. The Kier molecular flexibility index (Phi) is 7.10. The van der Waals surface area contributed by atoms with Crippen molar-refractivity contribution >= 4 is 23.2 Å². The molecular formula is C26H33N5O3S.